The maximum Gasteiger partial charge on any atom is 0.243 e. The van der Waals surface area contributed by atoms with Crippen LogP contribution in [0.25, 0.3) is 0 Å². The third-order valence-corrected chi connectivity index (χ3v) is 4.38. The van der Waals surface area contributed by atoms with Gasteiger partial charge in [0.1, 0.15) is 5.60 Å². The minimum absolute atomic E-state index is 0.161. The predicted molar refractivity (Wildman–Crippen MR) is 77.1 cm³/mol. The van der Waals surface area contributed by atoms with Gasteiger partial charge in [0, 0.05) is 7.11 Å². The van der Waals surface area contributed by atoms with Gasteiger partial charge < -0.3 is 15.0 Å². The molecule has 1 heterocycles. The average Bonchev–Trinajstić information content (AvgIpc) is 2.95. The number of rotatable bonds is 6. The number of hydrogen-bond donors (Lipinski definition) is 1. The fraction of sp³-hybridized carbons (Fsp3) is 0.867. The van der Waals surface area contributed by atoms with Crippen LogP contribution in [0.1, 0.15) is 76.6 Å². The summed E-state index contributed by atoms with van der Waals surface area (Å²) in [5.41, 5.74) is 5.71. The molecule has 0 aromatic carbocycles. The third kappa shape index (κ3) is 3.20. The van der Waals surface area contributed by atoms with Gasteiger partial charge >= 0.3 is 0 Å². The van der Waals surface area contributed by atoms with E-state index in [1.54, 1.807) is 7.11 Å². The summed E-state index contributed by atoms with van der Waals surface area (Å²) < 4.78 is 11.2. The first-order chi connectivity index (χ1) is 9.61. The van der Waals surface area contributed by atoms with Crippen molar-refractivity contribution in [2.24, 2.45) is 11.7 Å². The van der Waals surface area contributed by atoms with Crippen LogP contribution < -0.4 is 5.73 Å². The Balaban J connectivity index is 2.13. The summed E-state index contributed by atoms with van der Waals surface area (Å²) in [7, 11) is 1.74. The van der Waals surface area contributed by atoms with Crippen LogP contribution in [0.5, 0.6) is 0 Å². The summed E-state index contributed by atoms with van der Waals surface area (Å²) in [6, 6.07) is -0.161. The maximum absolute atomic E-state index is 6.10. The Morgan fingerprint density at radius 3 is 3.00 bits per heavy atom. The van der Waals surface area contributed by atoms with Crippen molar-refractivity contribution < 1.29 is 9.26 Å². The molecule has 0 saturated heterocycles. The molecule has 1 aliphatic carbocycles. The van der Waals surface area contributed by atoms with Gasteiger partial charge in [0.25, 0.3) is 0 Å². The van der Waals surface area contributed by atoms with E-state index in [9.17, 15) is 0 Å². The van der Waals surface area contributed by atoms with E-state index in [4.69, 9.17) is 15.0 Å². The van der Waals surface area contributed by atoms with E-state index in [1.807, 2.05) is 0 Å². The van der Waals surface area contributed by atoms with Gasteiger partial charge in [0.15, 0.2) is 0 Å². The van der Waals surface area contributed by atoms with Crippen molar-refractivity contribution in [1.29, 1.82) is 0 Å². The van der Waals surface area contributed by atoms with Gasteiger partial charge in [-0.15, -0.1) is 0 Å². The average molecular weight is 281 g/mol. The Hall–Kier alpha value is -0.940. The number of aromatic nitrogens is 2. The first-order valence-electron chi connectivity index (χ1n) is 7.76. The Bertz CT molecular complexity index is 421. The van der Waals surface area contributed by atoms with E-state index in [0.29, 0.717) is 17.6 Å². The van der Waals surface area contributed by atoms with Crippen LogP contribution in [0.3, 0.4) is 0 Å². The van der Waals surface area contributed by atoms with Crippen LogP contribution in [0.4, 0.5) is 0 Å². The topological polar surface area (TPSA) is 74.2 Å². The number of hydrogen-bond acceptors (Lipinski definition) is 5. The largest absolute Gasteiger partial charge is 0.370 e. The molecule has 1 aromatic rings. The van der Waals surface area contributed by atoms with E-state index in [0.717, 1.165) is 38.5 Å². The van der Waals surface area contributed by atoms with Crippen molar-refractivity contribution in [3.8, 4) is 0 Å². The lowest BCUT2D eigenvalue weighted by Gasteiger charge is -2.36. The maximum atomic E-state index is 6.10. The van der Waals surface area contributed by atoms with E-state index in [-0.39, 0.29) is 11.6 Å². The predicted octanol–water partition coefficient (Wildman–Crippen LogP) is 3.31. The van der Waals surface area contributed by atoms with Crippen LogP contribution in [0, 0.1) is 5.92 Å². The van der Waals surface area contributed by atoms with Gasteiger partial charge in [0.05, 0.1) is 6.04 Å². The molecule has 0 spiro atoms. The zero-order valence-corrected chi connectivity index (χ0v) is 12.9. The highest BCUT2D eigenvalue weighted by Gasteiger charge is 2.41. The van der Waals surface area contributed by atoms with Crippen molar-refractivity contribution in [2.45, 2.75) is 70.4 Å². The van der Waals surface area contributed by atoms with E-state index in [2.05, 4.69) is 24.0 Å². The number of unbranched alkanes of at least 4 members (excludes halogenated alkanes) is 1. The highest BCUT2D eigenvalue weighted by Crippen LogP contribution is 2.41. The fourth-order valence-electron chi connectivity index (χ4n) is 3.10. The number of methoxy groups -OCH3 is 1. The lowest BCUT2D eigenvalue weighted by atomic mass is 9.78. The number of nitrogens with two attached hydrogens (primary N) is 1. The molecule has 0 radical (unpaired) electrons. The Labute approximate surface area is 121 Å². The van der Waals surface area contributed by atoms with E-state index in [1.165, 1.54) is 6.42 Å². The minimum Gasteiger partial charge on any atom is -0.370 e. The number of ether oxygens (including phenoxy) is 1. The van der Waals surface area contributed by atoms with Crippen molar-refractivity contribution in [2.75, 3.05) is 7.11 Å². The molecular formula is C15H27N3O2. The van der Waals surface area contributed by atoms with Crippen molar-refractivity contribution in [3.05, 3.63) is 11.7 Å². The van der Waals surface area contributed by atoms with Crippen LogP contribution >= 0.6 is 0 Å². The standard InChI is InChI=1S/C15H27N3O2/c1-4-5-8-12(16)13-17-14(18-20-13)15(19-3)9-6-7-11(2)10-15/h11-12H,4-10,16H2,1-3H3/t11?,12-,15?/m0/s1. The second-order valence-corrected chi connectivity index (χ2v) is 6.10. The molecule has 0 amide bonds. The molecule has 20 heavy (non-hydrogen) atoms. The third-order valence-electron chi connectivity index (χ3n) is 4.38. The summed E-state index contributed by atoms with van der Waals surface area (Å²) in [6.45, 7) is 4.40. The van der Waals surface area contributed by atoms with Crippen molar-refractivity contribution in [3.63, 3.8) is 0 Å². The molecule has 5 nitrogen and oxygen atoms in total. The van der Waals surface area contributed by atoms with Crippen molar-refractivity contribution in [1.82, 2.24) is 10.1 Å². The minimum atomic E-state index is -0.385. The molecule has 1 saturated carbocycles. The zero-order valence-electron chi connectivity index (χ0n) is 12.9. The van der Waals surface area contributed by atoms with Crippen LogP contribution in [0.15, 0.2) is 4.52 Å². The Kier molecular flexibility index (Phi) is 5.16. The smallest absolute Gasteiger partial charge is 0.243 e. The quantitative estimate of drug-likeness (QED) is 0.865. The second-order valence-electron chi connectivity index (χ2n) is 6.10. The van der Waals surface area contributed by atoms with E-state index >= 15 is 0 Å². The molecular weight excluding hydrogens is 254 g/mol. The van der Waals surface area contributed by atoms with Crippen molar-refractivity contribution >= 4 is 0 Å². The lowest BCUT2D eigenvalue weighted by molar-refractivity contribution is -0.0658. The molecule has 2 N–H and O–H groups in total. The molecule has 1 fully saturated rings. The van der Waals surface area contributed by atoms with Gasteiger partial charge in [-0.3, -0.25) is 0 Å². The Morgan fingerprint density at radius 1 is 1.55 bits per heavy atom. The summed E-state index contributed by atoms with van der Waals surface area (Å²) in [4.78, 5) is 4.54. The molecule has 1 aromatic heterocycles. The highest BCUT2D eigenvalue weighted by atomic mass is 16.5. The summed E-state index contributed by atoms with van der Waals surface area (Å²) in [5.74, 6) is 1.84. The van der Waals surface area contributed by atoms with Gasteiger partial charge in [0.2, 0.25) is 11.7 Å². The number of nitrogens with zero attached hydrogens (tertiary/aromatic N) is 2. The second kappa shape index (κ2) is 6.68. The highest BCUT2D eigenvalue weighted by molar-refractivity contribution is 5.05. The monoisotopic (exact) mass is 281 g/mol. The molecule has 2 rings (SSSR count). The molecule has 5 heteroatoms. The fourth-order valence-corrected chi connectivity index (χ4v) is 3.10. The van der Waals surface area contributed by atoms with Crippen LogP contribution in [-0.4, -0.2) is 17.3 Å². The summed E-state index contributed by atoms with van der Waals surface area (Å²) in [5, 5.41) is 4.16. The first kappa shape index (κ1) is 15.4. The molecule has 3 atom stereocenters. The van der Waals surface area contributed by atoms with Gasteiger partial charge in [-0.1, -0.05) is 38.3 Å². The molecule has 1 aliphatic rings. The lowest BCUT2D eigenvalue weighted by Crippen LogP contribution is -2.35. The Morgan fingerprint density at radius 2 is 2.35 bits per heavy atom. The first-order valence-corrected chi connectivity index (χ1v) is 7.76. The zero-order chi connectivity index (χ0) is 14.6. The molecule has 114 valence electrons. The summed E-state index contributed by atoms with van der Waals surface area (Å²) >= 11 is 0. The molecule has 2 unspecified atom stereocenters. The van der Waals surface area contributed by atoms with Gasteiger partial charge in [-0.25, -0.2) is 0 Å². The van der Waals surface area contributed by atoms with Gasteiger partial charge in [-0.05, 0) is 31.6 Å². The summed E-state index contributed by atoms with van der Waals surface area (Å²) in [6.07, 6.45) is 7.37. The van der Waals surface area contributed by atoms with E-state index < -0.39 is 0 Å². The SMILES string of the molecule is CCCC[C@H](N)c1nc(C2(OC)CCCC(C)C2)no1. The van der Waals surface area contributed by atoms with Crippen LogP contribution in [-0.2, 0) is 10.3 Å². The van der Waals surface area contributed by atoms with Crippen LogP contribution in [0.2, 0.25) is 0 Å². The normalized spacial score (nSPS) is 28.5. The molecule has 0 bridgehead atoms. The van der Waals surface area contributed by atoms with Gasteiger partial charge in [-0.2, -0.15) is 4.98 Å². The molecule has 0 aliphatic heterocycles.